The van der Waals surface area contributed by atoms with Crippen LogP contribution in [-0.4, -0.2) is 61.1 Å². The highest BCUT2D eigenvalue weighted by Crippen LogP contribution is 1.84. The Balaban J connectivity index is 0. The molecule has 0 unspecified atom stereocenters. The number of aliphatic hydroxyl groups excluding tert-OH is 3. The Morgan fingerprint density at radius 2 is 1.50 bits per heavy atom. The second-order valence-corrected chi connectivity index (χ2v) is 2.41. The summed E-state index contributed by atoms with van der Waals surface area (Å²) < 4.78 is 9.33. The largest absolute Gasteiger partial charge is 0.394 e. The van der Waals surface area contributed by atoms with E-state index in [1.54, 1.807) is 0 Å². The van der Waals surface area contributed by atoms with E-state index in [0.717, 1.165) is 26.4 Å². The summed E-state index contributed by atoms with van der Waals surface area (Å²) in [5.74, 6) is 0. The zero-order valence-corrected chi connectivity index (χ0v) is 8.98. The number of hydrogen-bond acceptors (Lipinski definition) is 5. The molecule has 1 aliphatic rings. The third-order valence-corrected chi connectivity index (χ3v) is 1.03. The van der Waals surface area contributed by atoms with Crippen LogP contribution >= 0.6 is 0 Å². The van der Waals surface area contributed by atoms with Gasteiger partial charge in [-0.3, -0.25) is 0 Å². The van der Waals surface area contributed by atoms with Gasteiger partial charge >= 0.3 is 0 Å². The predicted octanol–water partition coefficient (Wildman–Crippen LogP) is -0.609. The van der Waals surface area contributed by atoms with E-state index < -0.39 is 6.10 Å². The molecule has 1 rings (SSSR count). The summed E-state index contributed by atoms with van der Waals surface area (Å²) in [6.45, 7) is 6.94. The summed E-state index contributed by atoms with van der Waals surface area (Å²) in [7, 11) is 0. The maximum atomic E-state index is 8.17. The van der Waals surface area contributed by atoms with Gasteiger partial charge in [0.2, 0.25) is 0 Å². The van der Waals surface area contributed by atoms with Crippen molar-refractivity contribution in [1.82, 2.24) is 0 Å². The molecule has 1 heterocycles. The first-order valence-corrected chi connectivity index (χ1v) is 4.78. The zero-order chi connectivity index (χ0) is 11.2. The lowest BCUT2D eigenvalue weighted by Gasteiger charge is -1.96. The first-order valence-electron chi connectivity index (χ1n) is 4.78. The van der Waals surface area contributed by atoms with Gasteiger partial charge in [0, 0.05) is 13.2 Å². The Morgan fingerprint density at radius 1 is 1.14 bits per heavy atom. The van der Waals surface area contributed by atoms with Gasteiger partial charge < -0.3 is 24.8 Å². The summed E-state index contributed by atoms with van der Waals surface area (Å²) in [4.78, 5) is 0. The van der Waals surface area contributed by atoms with Crippen molar-refractivity contribution < 1.29 is 24.8 Å². The van der Waals surface area contributed by atoms with Gasteiger partial charge in [-0.1, -0.05) is 0 Å². The van der Waals surface area contributed by atoms with Crippen molar-refractivity contribution in [2.75, 3.05) is 39.6 Å². The van der Waals surface area contributed by atoms with Crippen molar-refractivity contribution >= 4 is 0 Å². The molecule has 3 N–H and O–H groups in total. The number of rotatable bonds is 4. The lowest BCUT2D eigenvalue weighted by molar-refractivity contribution is 0.0450. The maximum Gasteiger partial charge on any atom is 0.100 e. The fourth-order valence-corrected chi connectivity index (χ4v) is 0.262. The van der Waals surface area contributed by atoms with E-state index in [0.29, 0.717) is 0 Å². The van der Waals surface area contributed by atoms with Gasteiger partial charge in [0.1, 0.15) is 6.10 Å². The summed E-state index contributed by atoms with van der Waals surface area (Å²) in [6, 6.07) is 0. The fraction of sp³-hybridized carbons (Fsp3) is 1.00. The Kier molecular flexibility index (Phi) is 17.7. The molecule has 0 bridgehead atoms. The molecular formula is C9H22O5. The van der Waals surface area contributed by atoms with E-state index in [1.165, 1.54) is 0 Å². The smallest absolute Gasteiger partial charge is 0.100 e. The standard InChI is InChI=1S/C4H10O.C3H8O3.C2H4O/c1-3-5-4-2;4-1-3(6)2-5;1-2-3-1/h3-4H2,1-2H3;3-6H,1-2H2;1-2H2. The normalized spacial score (nSPS) is 12.4. The molecule has 0 amide bonds. The maximum absolute atomic E-state index is 8.17. The molecule has 0 spiro atoms. The van der Waals surface area contributed by atoms with Crippen LogP contribution in [0, 0.1) is 0 Å². The van der Waals surface area contributed by atoms with Crippen LogP contribution in [0.1, 0.15) is 13.8 Å². The van der Waals surface area contributed by atoms with Gasteiger partial charge in [0.15, 0.2) is 0 Å². The molecule has 0 aromatic carbocycles. The lowest BCUT2D eigenvalue weighted by Crippen LogP contribution is -2.15. The third-order valence-electron chi connectivity index (χ3n) is 1.03. The molecule has 1 aliphatic heterocycles. The van der Waals surface area contributed by atoms with Crippen molar-refractivity contribution in [3.63, 3.8) is 0 Å². The van der Waals surface area contributed by atoms with Crippen LogP contribution in [0.25, 0.3) is 0 Å². The molecule has 14 heavy (non-hydrogen) atoms. The minimum atomic E-state index is -0.954. The van der Waals surface area contributed by atoms with E-state index in [2.05, 4.69) is 4.74 Å². The second kappa shape index (κ2) is 15.3. The van der Waals surface area contributed by atoms with Crippen molar-refractivity contribution in [3.8, 4) is 0 Å². The molecule has 0 aromatic rings. The number of ether oxygens (including phenoxy) is 2. The van der Waals surface area contributed by atoms with E-state index in [-0.39, 0.29) is 13.2 Å². The van der Waals surface area contributed by atoms with E-state index >= 15 is 0 Å². The monoisotopic (exact) mass is 210 g/mol. The third kappa shape index (κ3) is 29.8. The summed E-state index contributed by atoms with van der Waals surface area (Å²) in [5.41, 5.74) is 0. The van der Waals surface area contributed by atoms with Crippen molar-refractivity contribution in [2.45, 2.75) is 20.0 Å². The molecule has 0 aliphatic carbocycles. The van der Waals surface area contributed by atoms with Crippen LogP contribution in [0.15, 0.2) is 0 Å². The van der Waals surface area contributed by atoms with Crippen LogP contribution in [-0.2, 0) is 9.47 Å². The van der Waals surface area contributed by atoms with E-state index in [9.17, 15) is 0 Å². The highest BCUT2D eigenvalue weighted by atomic mass is 16.6. The molecule has 1 fully saturated rings. The van der Waals surface area contributed by atoms with E-state index in [1.807, 2.05) is 13.8 Å². The molecule has 5 heteroatoms. The number of epoxide rings is 1. The van der Waals surface area contributed by atoms with Crippen molar-refractivity contribution in [2.24, 2.45) is 0 Å². The highest BCUT2D eigenvalue weighted by molar-refractivity contribution is 4.44. The summed E-state index contributed by atoms with van der Waals surface area (Å²) in [5, 5.41) is 24.0. The molecule has 0 aromatic heterocycles. The van der Waals surface area contributed by atoms with Crippen molar-refractivity contribution in [1.29, 1.82) is 0 Å². The molecular weight excluding hydrogens is 188 g/mol. The van der Waals surface area contributed by atoms with Gasteiger partial charge in [0.05, 0.1) is 26.4 Å². The predicted molar refractivity (Wildman–Crippen MR) is 53.2 cm³/mol. The van der Waals surface area contributed by atoms with Crippen LogP contribution in [0.2, 0.25) is 0 Å². The van der Waals surface area contributed by atoms with Gasteiger partial charge in [-0.15, -0.1) is 0 Å². The Morgan fingerprint density at radius 3 is 1.50 bits per heavy atom. The molecule has 0 atom stereocenters. The lowest BCUT2D eigenvalue weighted by atomic mass is 10.4. The Bertz CT molecular complexity index is 78.5. The van der Waals surface area contributed by atoms with Crippen LogP contribution in [0.3, 0.4) is 0 Å². The minimum Gasteiger partial charge on any atom is -0.394 e. The molecule has 0 saturated carbocycles. The van der Waals surface area contributed by atoms with Gasteiger partial charge in [-0.2, -0.15) is 0 Å². The Labute approximate surface area is 85.3 Å². The van der Waals surface area contributed by atoms with Gasteiger partial charge in [-0.25, -0.2) is 0 Å². The average molecular weight is 210 g/mol. The highest BCUT2D eigenvalue weighted by Gasteiger charge is 1.94. The fourth-order valence-electron chi connectivity index (χ4n) is 0.262. The molecule has 88 valence electrons. The van der Waals surface area contributed by atoms with Crippen molar-refractivity contribution in [3.05, 3.63) is 0 Å². The SMILES string of the molecule is C1CO1.CCOCC.OCC(O)CO. The zero-order valence-electron chi connectivity index (χ0n) is 8.98. The first kappa shape index (κ1) is 16.2. The molecule has 0 radical (unpaired) electrons. The van der Waals surface area contributed by atoms with Crippen LogP contribution in [0.4, 0.5) is 0 Å². The molecule has 5 nitrogen and oxygen atoms in total. The summed E-state index contributed by atoms with van der Waals surface area (Å²) >= 11 is 0. The quantitative estimate of drug-likeness (QED) is 0.539. The Hall–Kier alpha value is -0.200. The molecule has 1 saturated heterocycles. The first-order chi connectivity index (χ1) is 6.72. The van der Waals surface area contributed by atoms with Crippen LogP contribution in [0.5, 0.6) is 0 Å². The number of hydrogen-bond donors (Lipinski definition) is 3. The van der Waals surface area contributed by atoms with Gasteiger partial charge in [-0.05, 0) is 13.8 Å². The van der Waals surface area contributed by atoms with Gasteiger partial charge in [0.25, 0.3) is 0 Å². The average Bonchev–Trinajstić information content (AvgIpc) is 3.06. The minimum absolute atomic E-state index is 0.365. The van der Waals surface area contributed by atoms with Crippen LogP contribution < -0.4 is 0 Å². The number of aliphatic hydroxyl groups is 3. The second-order valence-electron chi connectivity index (χ2n) is 2.41. The topological polar surface area (TPSA) is 82.5 Å². The van der Waals surface area contributed by atoms with E-state index in [4.69, 9.17) is 20.1 Å². The summed E-state index contributed by atoms with van der Waals surface area (Å²) in [6.07, 6.45) is -0.954.